The predicted octanol–water partition coefficient (Wildman–Crippen LogP) is 3.46. The van der Waals surface area contributed by atoms with Crippen LogP contribution in [-0.4, -0.2) is 31.6 Å². The van der Waals surface area contributed by atoms with Crippen molar-refractivity contribution in [3.8, 4) is 0 Å². The summed E-state index contributed by atoms with van der Waals surface area (Å²) in [5, 5.41) is 2.62. The quantitative estimate of drug-likeness (QED) is 0.795. The van der Waals surface area contributed by atoms with Crippen molar-refractivity contribution < 1.29 is 23.9 Å². The number of anilines is 1. The Morgan fingerprint density at radius 3 is 2.63 bits per heavy atom. The second kappa shape index (κ2) is 8.35. The molecule has 0 fully saturated rings. The van der Waals surface area contributed by atoms with Crippen molar-refractivity contribution in [3.63, 3.8) is 0 Å². The zero-order valence-electron chi connectivity index (χ0n) is 15.2. The molecule has 1 amide bonds. The zero-order valence-corrected chi connectivity index (χ0v) is 16.1. The first-order chi connectivity index (χ1) is 13.0. The van der Waals surface area contributed by atoms with Crippen LogP contribution in [0.2, 0.25) is 0 Å². The van der Waals surface area contributed by atoms with E-state index in [0.717, 1.165) is 19.3 Å². The van der Waals surface area contributed by atoms with Gasteiger partial charge in [-0.1, -0.05) is 6.92 Å². The number of carbonyl (C=O) groups excluding carboxylic acids is 3. The van der Waals surface area contributed by atoms with E-state index < -0.39 is 17.8 Å². The molecule has 1 heterocycles. The normalized spacial score (nSPS) is 15.6. The summed E-state index contributed by atoms with van der Waals surface area (Å²) in [7, 11) is 1.30. The van der Waals surface area contributed by atoms with Crippen LogP contribution < -0.4 is 5.32 Å². The third-order valence-electron chi connectivity index (χ3n) is 4.45. The number of methoxy groups -OCH3 is 1. The highest BCUT2D eigenvalue weighted by Crippen LogP contribution is 2.32. The molecule has 0 radical (unpaired) electrons. The number of thiophene rings is 1. The van der Waals surface area contributed by atoms with Crippen molar-refractivity contribution in [2.45, 2.75) is 26.2 Å². The van der Waals surface area contributed by atoms with Crippen molar-refractivity contribution in [1.29, 1.82) is 0 Å². The summed E-state index contributed by atoms with van der Waals surface area (Å²) < 4.78 is 9.75. The lowest BCUT2D eigenvalue weighted by atomic mass is 9.90. The molecule has 0 saturated heterocycles. The number of aryl methyl sites for hydroxylation is 1. The van der Waals surface area contributed by atoms with Gasteiger partial charge < -0.3 is 14.8 Å². The first-order valence-electron chi connectivity index (χ1n) is 8.73. The summed E-state index contributed by atoms with van der Waals surface area (Å²) in [4.78, 5) is 37.4. The van der Waals surface area contributed by atoms with E-state index in [9.17, 15) is 14.4 Å². The van der Waals surface area contributed by atoms with Gasteiger partial charge in [0.1, 0.15) is 4.88 Å². The Balaban J connectivity index is 1.51. The number of ether oxygens (including phenoxy) is 2. The molecular formula is C20H21NO5S. The molecule has 0 saturated carbocycles. The van der Waals surface area contributed by atoms with E-state index in [4.69, 9.17) is 4.74 Å². The maximum atomic E-state index is 12.2. The van der Waals surface area contributed by atoms with E-state index in [0.29, 0.717) is 22.0 Å². The number of benzene rings is 1. The van der Waals surface area contributed by atoms with E-state index in [1.807, 2.05) is 6.07 Å². The lowest BCUT2D eigenvalue weighted by Crippen LogP contribution is -2.20. The molecule has 7 heteroatoms. The van der Waals surface area contributed by atoms with Gasteiger partial charge in [-0.2, -0.15) is 0 Å². The van der Waals surface area contributed by atoms with E-state index in [1.165, 1.54) is 28.9 Å². The molecule has 1 N–H and O–H groups in total. The fraction of sp³-hybridized carbons (Fsp3) is 0.350. The zero-order chi connectivity index (χ0) is 19.4. The summed E-state index contributed by atoms with van der Waals surface area (Å²) in [6, 6.07) is 8.15. The third-order valence-corrected chi connectivity index (χ3v) is 5.67. The Bertz CT molecular complexity index is 856. The highest BCUT2D eigenvalue weighted by molar-refractivity contribution is 7.14. The largest absolute Gasteiger partial charge is 0.465 e. The number of fused-ring (bicyclic) bond motifs is 1. The number of esters is 2. The van der Waals surface area contributed by atoms with E-state index in [2.05, 4.69) is 17.0 Å². The molecule has 27 heavy (non-hydrogen) atoms. The van der Waals surface area contributed by atoms with Crippen LogP contribution in [0.5, 0.6) is 0 Å². The highest BCUT2D eigenvalue weighted by atomic mass is 32.1. The van der Waals surface area contributed by atoms with Crippen LogP contribution in [0.15, 0.2) is 30.3 Å². The topological polar surface area (TPSA) is 81.7 Å². The van der Waals surface area contributed by atoms with Crippen molar-refractivity contribution in [1.82, 2.24) is 0 Å². The molecule has 1 atom stereocenters. The number of rotatable bonds is 5. The number of amides is 1. The van der Waals surface area contributed by atoms with Gasteiger partial charge in [0.15, 0.2) is 6.61 Å². The third kappa shape index (κ3) is 4.74. The molecule has 0 bridgehead atoms. The second-order valence-corrected chi connectivity index (χ2v) is 7.74. The van der Waals surface area contributed by atoms with Crippen LogP contribution >= 0.6 is 11.3 Å². The Kier molecular flexibility index (Phi) is 5.91. The maximum Gasteiger partial charge on any atom is 0.348 e. The van der Waals surface area contributed by atoms with Crippen molar-refractivity contribution in [3.05, 3.63) is 51.2 Å². The summed E-state index contributed by atoms with van der Waals surface area (Å²) in [5.41, 5.74) is 2.11. The summed E-state index contributed by atoms with van der Waals surface area (Å²) in [6.07, 6.45) is 3.12. The van der Waals surface area contributed by atoms with Crippen molar-refractivity contribution >= 4 is 34.9 Å². The SMILES string of the molecule is COC(=O)c1ccc(NC(=O)COC(=O)c2cc3c(s2)CC[C@@H](C)C3)cc1. The van der Waals surface area contributed by atoms with E-state index >= 15 is 0 Å². The van der Waals surface area contributed by atoms with Crippen LogP contribution in [0.1, 0.15) is 43.8 Å². The van der Waals surface area contributed by atoms with Gasteiger partial charge in [0.2, 0.25) is 0 Å². The van der Waals surface area contributed by atoms with Crippen LogP contribution in [0.4, 0.5) is 5.69 Å². The average molecular weight is 387 g/mol. The lowest BCUT2D eigenvalue weighted by molar-refractivity contribution is -0.119. The van der Waals surface area contributed by atoms with Gasteiger partial charge in [-0.3, -0.25) is 4.79 Å². The van der Waals surface area contributed by atoms with Gasteiger partial charge in [-0.05, 0) is 61.1 Å². The van der Waals surface area contributed by atoms with Crippen LogP contribution in [0, 0.1) is 5.92 Å². The smallest absolute Gasteiger partial charge is 0.348 e. The molecule has 0 spiro atoms. The number of nitrogens with one attached hydrogen (secondary N) is 1. The lowest BCUT2D eigenvalue weighted by Gasteiger charge is -2.16. The number of carbonyl (C=O) groups is 3. The van der Waals surface area contributed by atoms with E-state index in [1.54, 1.807) is 24.3 Å². The van der Waals surface area contributed by atoms with Crippen molar-refractivity contribution in [2.24, 2.45) is 5.92 Å². The highest BCUT2D eigenvalue weighted by Gasteiger charge is 2.21. The fourth-order valence-electron chi connectivity index (χ4n) is 3.01. The Labute approximate surface area is 161 Å². The minimum Gasteiger partial charge on any atom is -0.465 e. The standard InChI is InChI=1S/C20H21NO5S/c1-12-3-8-16-14(9-12)10-17(27-16)20(24)26-11-18(22)21-15-6-4-13(5-7-15)19(23)25-2/h4-7,10,12H,3,8-9,11H2,1-2H3,(H,21,22)/t12-/m1/s1. The summed E-state index contributed by atoms with van der Waals surface area (Å²) >= 11 is 1.46. The maximum absolute atomic E-state index is 12.2. The predicted molar refractivity (Wildman–Crippen MR) is 102 cm³/mol. The first kappa shape index (κ1) is 19.1. The average Bonchev–Trinajstić information content (AvgIpc) is 3.09. The Hall–Kier alpha value is -2.67. The van der Waals surface area contributed by atoms with Gasteiger partial charge in [-0.25, -0.2) is 9.59 Å². The van der Waals surface area contributed by atoms with Gasteiger partial charge >= 0.3 is 11.9 Å². The minimum atomic E-state index is -0.474. The molecule has 3 rings (SSSR count). The number of hydrogen-bond acceptors (Lipinski definition) is 6. The van der Waals surface area contributed by atoms with Gasteiger partial charge in [0.05, 0.1) is 12.7 Å². The second-order valence-electron chi connectivity index (χ2n) is 6.60. The summed E-state index contributed by atoms with van der Waals surface area (Å²) in [5.74, 6) is -0.732. The van der Waals surface area contributed by atoms with E-state index in [-0.39, 0.29) is 6.61 Å². The number of hydrogen-bond donors (Lipinski definition) is 1. The molecule has 1 aromatic heterocycles. The fourth-order valence-corrected chi connectivity index (χ4v) is 4.12. The molecule has 0 unspecified atom stereocenters. The van der Waals surface area contributed by atoms with Crippen molar-refractivity contribution in [2.75, 3.05) is 19.0 Å². The molecule has 6 nitrogen and oxygen atoms in total. The van der Waals surface area contributed by atoms with Gasteiger partial charge in [0.25, 0.3) is 5.91 Å². The minimum absolute atomic E-state index is 0.365. The molecule has 2 aromatic rings. The van der Waals surface area contributed by atoms with Gasteiger partial charge in [0, 0.05) is 10.6 Å². The molecule has 0 aliphatic heterocycles. The monoisotopic (exact) mass is 387 g/mol. The summed E-state index contributed by atoms with van der Waals surface area (Å²) in [6.45, 7) is 1.84. The Morgan fingerprint density at radius 1 is 1.19 bits per heavy atom. The van der Waals surface area contributed by atoms with Crippen LogP contribution in [0.3, 0.4) is 0 Å². The van der Waals surface area contributed by atoms with Crippen LogP contribution in [0.25, 0.3) is 0 Å². The van der Waals surface area contributed by atoms with Crippen LogP contribution in [-0.2, 0) is 27.1 Å². The van der Waals surface area contributed by atoms with Gasteiger partial charge in [-0.15, -0.1) is 11.3 Å². The molecule has 1 aromatic carbocycles. The molecule has 1 aliphatic carbocycles. The first-order valence-corrected chi connectivity index (χ1v) is 9.55. The molecule has 1 aliphatic rings. The molecular weight excluding hydrogens is 366 g/mol. The molecule has 142 valence electrons. The Morgan fingerprint density at radius 2 is 1.93 bits per heavy atom.